The Morgan fingerprint density at radius 1 is 1.35 bits per heavy atom. The number of aromatic nitrogens is 3. The molecular formula is C17H12Cl2FN3O3. The largest absolute Gasteiger partial charge is 0.463 e. The van der Waals surface area contributed by atoms with Crippen LogP contribution in [0.25, 0.3) is 17.4 Å². The van der Waals surface area contributed by atoms with Crippen LogP contribution in [0.5, 0.6) is 0 Å². The van der Waals surface area contributed by atoms with Gasteiger partial charge in [-0.15, -0.1) is 5.10 Å². The molecule has 0 fully saturated rings. The minimum absolute atomic E-state index is 0.0756. The van der Waals surface area contributed by atoms with Crippen LogP contribution in [-0.4, -0.2) is 26.8 Å². The number of rotatable bonds is 4. The van der Waals surface area contributed by atoms with Crippen molar-refractivity contribution in [2.24, 2.45) is 0 Å². The van der Waals surface area contributed by atoms with E-state index in [0.29, 0.717) is 16.2 Å². The second kappa shape index (κ2) is 7.31. The first-order valence-corrected chi connectivity index (χ1v) is 8.27. The van der Waals surface area contributed by atoms with Gasteiger partial charge in [0.25, 0.3) is 0 Å². The number of nitrogens with zero attached hydrogens (tertiary/aromatic N) is 3. The molecule has 3 aromatic rings. The molecule has 26 heavy (non-hydrogen) atoms. The fourth-order valence-corrected chi connectivity index (χ4v) is 2.67. The number of hydrogen-bond donors (Lipinski definition) is 0. The van der Waals surface area contributed by atoms with Crippen LogP contribution in [0.3, 0.4) is 0 Å². The molecule has 134 valence electrons. The van der Waals surface area contributed by atoms with Crippen LogP contribution in [0.2, 0.25) is 10.0 Å². The molecule has 0 aliphatic carbocycles. The Hall–Kier alpha value is -2.64. The van der Waals surface area contributed by atoms with Crippen LogP contribution in [0.4, 0.5) is 4.39 Å². The van der Waals surface area contributed by atoms with Crippen molar-refractivity contribution >= 4 is 40.9 Å². The van der Waals surface area contributed by atoms with Crippen LogP contribution in [-0.2, 0) is 9.53 Å². The molecule has 3 rings (SSSR count). The molecule has 0 saturated carbocycles. The first-order valence-electron chi connectivity index (χ1n) is 7.52. The average Bonchev–Trinajstić information content (AvgIpc) is 2.91. The quantitative estimate of drug-likeness (QED) is 0.500. The number of hydrogen-bond acceptors (Lipinski definition) is 4. The van der Waals surface area contributed by atoms with Crippen molar-refractivity contribution in [1.82, 2.24) is 14.2 Å². The summed E-state index contributed by atoms with van der Waals surface area (Å²) in [7, 11) is 0. The Balaban J connectivity index is 2.11. The van der Waals surface area contributed by atoms with E-state index in [9.17, 15) is 14.0 Å². The maximum absolute atomic E-state index is 14.4. The van der Waals surface area contributed by atoms with E-state index >= 15 is 0 Å². The predicted molar refractivity (Wildman–Crippen MR) is 96.4 cm³/mol. The van der Waals surface area contributed by atoms with E-state index < -0.39 is 17.5 Å². The molecule has 0 saturated heterocycles. The molecule has 0 spiro atoms. The molecule has 6 nitrogen and oxygen atoms in total. The highest BCUT2D eigenvalue weighted by Crippen LogP contribution is 2.24. The number of esters is 1. The zero-order valence-corrected chi connectivity index (χ0v) is 15.0. The van der Waals surface area contributed by atoms with Gasteiger partial charge in [0.05, 0.1) is 16.7 Å². The highest BCUT2D eigenvalue weighted by atomic mass is 35.5. The lowest BCUT2D eigenvalue weighted by Crippen LogP contribution is -2.20. The highest BCUT2D eigenvalue weighted by Gasteiger charge is 2.15. The second-order valence-corrected chi connectivity index (χ2v) is 6.02. The van der Waals surface area contributed by atoms with Crippen LogP contribution in [0, 0.1) is 5.82 Å². The molecule has 0 bridgehead atoms. The third kappa shape index (κ3) is 3.49. The molecular weight excluding hydrogens is 384 g/mol. The smallest absolute Gasteiger partial charge is 0.355 e. The average molecular weight is 396 g/mol. The Morgan fingerprint density at radius 3 is 2.85 bits per heavy atom. The van der Waals surface area contributed by atoms with Crippen molar-refractivity contribution in [3.8, 4) is 5.69 Å². The maximum Gasteiger partial charge on any atom is 0.355 e. The van der Waals surface area contributed by atoms with E-state index in [-0.39, 0.29) is 17.3 Å². The number of halogens is 3. The molecule has 2 heterocycles. The standard InChI is InChI=1S/C17H12Cl2FN3O3/c1-2-26-16(24)6-3-10-7-14(13(20)8-12(10)19)23-17(25)22-9-11(18)4-5-15(22)21-23/h3-9H,2H2,1H3. The molecule has 0 unspecified atom stereocenters. The van der Waals surface area contributed by atoms with Gasteiger partial charge in [-0.25, -0.2) is 18.4 Å². The first kappa shape index (κ1) is 18.2. The van der Waals surface area contributed by atoms with Gasteiger partial charge in [-0.1, -0.05) is 23.2 Å². The molecule has 9 heteroatoms. The van der Waals surface area contributed by atoms with Crippen LogP contribution in [0.15, 0.2) is 41.3 Å². The highest BCUT2D eigenvalue weighted by molar-refractivity contribution is 6.32. The minimum atomic E-state index is -0.736. The van der Waals surface area contributed by atoms with Gasteiger partial charge < -0.3 is 4.74 Å². The Bertz CT molecular complexity index is 1090. The molecule has 0 N–H and O–H groups in total. The third-order valence-corrected chi connectivity index (χ3v) is 4.01. The van der Waals surface area contributed by atoms with Crippen molar-refractivity contribution in [2.75, 3.05) is 6.61 Å². The van der Waals surface area contributed by atoms with E-state index in [0.717, 1.165) is 10.7 Å². The third-order valence-electron chi connectivity index (χ3n) is 3.46. The van der Waals surface area contributed by atoms with Crippen molar-refractivity contribution in [2.45, 2.75) is 6.92 Å². The fourth-order valence-electron chi connectivity index (χ4n) is 2.30. The summed E-state index contributed by atoms with van der Waals surface area (Å²) >= 11 is 11.9. The maximum atomic E-state index is 14.4. The summed E-state index contributed by atoms with van der Waals surface area (Å²) in [6, 6.07) is 5.48. The summed E-state index contributed by atoms with van der Waals surface area (Å²) in [4.78, 5) is 23.9. The lowest BCUT2D eigenvalue weighted by Gasteiger charge is -2.05. The summed E-state index contributed by atoms with van der Waals surface area (Å²) in [5.41, 5.74) is -0.0674. The molecule has 0 amide bonds. The van der Waals surface area contributed by atoms with Gasteiger partial charge in [-0.3, -0.25) is 0 Å². The fraction of sp³-hybridized carbons (Fsp3) is 0.118. The summed E-state index contributed by atoms with van der Waals surface area (Å²) in [6.07, 6.45) is 3.93. The van der Waals surface area contributed by atoms with E-state index in [1.165, 1.54) is 34.9 Å². The lowest BCUT2D eigenvalue weighted by atomic mass is 10.1. The molecule has 0 radical (unpaired) electrons. The van der Waals surface area contributed by atoms with E-state index in [1.54, 1.807) is 13.0 Å². The number of carbonyl (C=O) groups excluding carboxylic acids is 1. The van der Waals surface area contributed by atoms with E-state index in [1.807, 2.05) is 0 Å². The molecule has 0 atom stereocenters. The van der Waals surface area contributed by atoms with Gasteiger partial charge in [0, 0.05) is 12.3 Å². The minimum Gasteiger partial charge on any atom is -0.463 e. The van der Waals surface area contributed by atoms with Crippen molar-refractivity contribution < 1.29 is 13.9 Å². The normalized spacial score (nSPS) is 11.4. The van der Waals surface area contributed by atoms with Crippen molar-refractivity contribution in [1.29, 1.82) is 0 Å². The zero-order valence-electron chi connectivity index (χ0n) is 13.4. The Labute approximate surface area is 157 Å². The number of pyridine rings is 1. The first-order chi connectivity index (χ1) is 12.4. The van der Waals surface area contributed by atoms with Gasteiger partial charge >= 0.3 is 11.7 Å². The Morgan fingerprint density at radius 2 is 2.12 bits per heavy atom. The van der Waals surface area contributed by atoms with Crippen LogP contribution >= 0.6 is 23.2 Å². The number of benzene rings is 1. The topological polar surface area (TPSA) is 65.6 Å². The summed E-state index contributed by atoms with van der Waals surface area (Å²) in [5, 5.41) is 4.51. The molecule has 0 aliphatic rings. The second-order valence-electron chi connectivity index (χ2n) is 5.18. The molecule has 0 aliphatic heterocycles. The summed E-state index contributed by atoms with van der Waals surface area (Å²) in [6.45, 7) is 1.90. The van der Waals surface area contributed by atoms with Gasteiger partial charge in [-0.2, -0.15) is 4.68 Å². The van der Waals surface area contributed by atoms with Gasteiger partial charge in [-0.05, 0) is 42.8 Å². The summed E-state index contributed by atoms with van der Waals surface area (Å²) in [5.74, 6) is -1.30. The van der Waals surface area contributed by atoms with Crippen LogP contribution < -0.4 is 5.69 Å². The van der Waals surface area contributed by atoms with Crippen molar-refractivity contribution in [3.63, 3.8) is 0 Å². The summed E-state index contributed by atoms with van der Waals surface area (Å²) < 4.78 is 21.3. The number of carbonyl (C=O) groups is 1. The van der Waals surface area contributed by atoms with Crippen molar-refractivity contribution in [3.05, 3.63) is 68.4 Å². The molecule has 2 aromatic heterocycles. The van der Waals surface area contributed by atoms with Gasteiger partial charge in [0.2, 0.25) is 0 Å². The van der Waals surface area contributed by atoms with Crippen LogP contribution in [0.1, 0.15) is 12.5 Å². The lowest BCUT2D eigenvalue weighted by molar-refractivity contribution is -0.137. The predicted octanol–water partition coefficient (Wildman–Crippen LogP) is 3.51. The van der Waals surface area contributed by atoms with Gasteiger partial charge in [0.1, 0.15) is 5.69 Å². The number of fused-ring (bicyclic) bond motifs is 1. The Kier molecular flexibility index (Phi) is 5.11. The van der Waals surface area contributed by atoms with E-state index in [4.69, 9.17) is 27.9 Å². The monoisotopic (exact) mass is 395 g/mol. The molecule has 1 aromatic carbocycles. The van der Waals surface area contributed by atoms with E-state index in [2.05, 4.69) is 5.10 Å². The van der Waals surface area contributed by atoms with Gasteiger partial charge in [0.15, 0.2) is 11.5 Å². The number of ether oxygens (including phenoxy) is 1. The SMILES string of the molecule is CCOC(=O)C=Cc1cc(-n2nc3ccc(Cl)cn3c2=O)c(F)cc1Cl. The zero-order chi connectivity index (χ0) is 18.8.